The van der Waals surface area contributed by atoms with E-state index in [1.165, 1.54) is 13.1 Å². The van der Waals surface area contributed by atoms with Crippen molar-refractivity contribution < 1.29 is 57.2 Å². The second-order valence-electron chi connectivity index (χ2n) is 13.6. The smallest absolute Gasteiger partial charge is 0.303 e. The molecule has 2 amide bonds. The molecule has 1 unspecified atom stereocenters. The standard InChI is InChI=1S/C40H35N5O12/c1-19(46)53-17-26-33(54-20(2)47)34(55-21(3)48)35(56-22(4)49)40(57-26)45-32-28(25-13-9-15-42-37(25)45)30-29(27-24-12-8-14-41-36(24)43-31(27)32)38(50)44(39(30)51)18-52-16-23-10-6-5-7-11-23/h5-15,26,33-35,40H,16-18H2,1-4H3,(H,41,43)/t26-,33-,34+,35-,40?/m1/s1. The predicted octanol–water partition coefficient (Wildman–Crippen LogP) is 4.24. The number of nitrogens with one attached hydrogen (secondary N) is 1. The lowest BCUT2D eigenvalue weighted by atomic mass is 9.96. The second kappa shape index (κ2) is 14.7. The van der Waals surface area contributed by atoms with Gasteiger partial charge in [0.05, 0.1) is 28.8 Å². The highest BCUT2D eigenvalue weighted by Gasteiger charge is 2.54. The molecule has 0 radical (unpaired) electrons. The molecule has 17 heteroatoms. The third kappa shape index (κ3) is 6.49. The van der Waals surface area contributed by atoms with Gasteiger partial charge in [-0.15, -0.1) is 0 Å². The number of imide groups is 1. The van der Waals surface area contributed by atoms with Crippen molar-refractivity contribution in [3.8, 4) is 0 Å². The Morgan fingerprint density at radius 2 is 1.37 bits per heavy atom. The van der Waals surface area contributed by atoms with Crippen LogP contribution in [0.15, 0.2) is 67.0 Å². The lowest BCUT2D eigenvalue weighted by Crippen LogP contribution is -2.60. The Labute approximate surface area is 322 Å². The lowest BCUT2D eigenvalue weighted by Gasteiger charge is -2.45. The first-order chi connectivity index (χ1) is 27.4. The summed E-state index contributed by atoms with van der Waals surface area (Å²) in [5.74, 6) is -4.27. The van der Waals surface area contributed by atoms with Gasteiger partial charge in [0.25, 0.3) is 11.8 Å². The van der Waals surface area contributed by atoms with E-state index >= 15 is 0 Å². The zero-order chi connectivity index (χ0) is 40.1. The molecule has 2 aromatic carbocycles. The molecule has 8 rings (SSSR count). The molecule has 2 aliphatic rings. The van der Waals surface area contributed by atoms with E-state index in [0.29, 0.717) is 38.2 Å². The maximum absolute atomic E-state index is 14.6. The second-order valence-corrected chi connectivity index (χ2v) is 13.6. The molecule has 6 aromatic rings. The molecule has 2 aliphatic heterocycles. The Balaban J connectivity index is 1.39. The van der Waals surface area contributed by atoms with Crippen molar-refractivity contribution in [2.75, 3.05) is 13.3 Å². The van der Waals surface area contributed by atoms with Crippen LogP contribution in [0.1, 0.15) is 60.2 Å². The van der Waals surface area contributed by atoms with E-state index in [1.54, 1.807) is 35.0 Å². The fraction of sp³-hybridized carbons (Fsp3) is 0.300. The van der Waals surface area contributed by atoms with Crippen molar-refractivity contribution in [3.05, 3.63) is 83.7 Å². The van der Waals surface area contributed by atoms with Crippen molar-refractivity contribution in [1.29, 1.82) is 0 Å². The lowest BCUT2D eigenvalue weighted by molar-refractivity contribution is -0.267. The van der Waals surface area contributed by atoms with Crippen molar-refractivity contribution in [2.24, 2.45) is 0 Å². The van der Waals surface area contributed by atoms with Gasteiger partial charge in [-0.1, -0.05) is 30.3 Å². The number of H-pyrrole nitrogens is 1. The van der Waals surface area contributed by atoms with Crippen LogP contribution in [0.2, 0.25) is 0 Å². The van der Waals surface area contributed by atoms with Gasteiger partial charge in [0.15, 0.2) is 24.5 Å². The van der Waals surface area contributed by atoms with Crippen molar-refractivity contribution in [1.82, 2.24) is 24.4 Å². The molecule has 1 N–H and O–H groups in total. The van der Waals surface area contributed by atoms with Crippen molar-refractivity contribution in [3.63, 3.8) is 0 Å². The highest BCUT2D eigenvalue weighted by atomic mass is 16.7. The molecule has 6 heterocycles. The molecular formula is C40H35N5O12. The zero-order valence-electron chi connectivity index (χ0n) is 31.0. The summed E-state index contributed by atoms with van der Waals surface area (Å²) in [6.45, 7) is 3.91. The Kier molecular flexibility index (Phi) is 9.62. The van der Waals surface area contributed by atoms with E-state index in [0.717, 1.165) is 31.2 Å². The maximum Gasteiger partial charge on any atom is 0.303 e. The molecule has 292 valence electrons. The van der Waals surface area contributed by atoms with E-state index in [9.17, 15) is 28.8 Å². The molecule has 17 nitrogen and oxygen atoms in total. The van der Waals surface area contributed by atoms with E-state index in [2.05, 4.69) is 9.97 Å². The summed E-state index contributed by atoms with van der Waals surface area (Å²) in [4.78, 5) is 92.7. The number of hydrogen-bond donors (Lipinski definition) is 1. The Bertz CT molecular complexity index is 2640. The van der Waals surface area contributed by atoms with Crippen LogP contribution in [0.4, 0.5) is 0 Å². The summed E-state index contributed by atoms with van der Waals surface area (Å²) < 4.78 is 36.7. The van der Waals surface area contributed by atoms with Crippen LogP contribution in [-0.2, 0) is 54.2 Å². The van der Waals surface area contributed by atoms with Gasteiger partial charge in [0.1, 0.15) is 30.7 Å². The van der Waals surface area contributed by atoms with Crippen LogP contribution in [-0.4, -0.2) is 97.9 Å². The number of benzene rings is 2. The number of pyridine rings is 2. The first-order valence-electron chi connectivity index (χ1n) is 17.9. The van der Waals surface area contributed by atoms with Gasteiger partial charge in [0, 0.05) is 61.6 Å². The van der Waals surface area contributed by atoms with Gasteiger partial charge >= 0.3 is 23.9 Å². The van der Waals surface area contributed by atoms with Crippen LogP contribution in [0.3, 0.4) is 0 Å². The highest BCUT2D eigenvalue weighted by Crippen LogP contribution is 2.47. The minimum Gasteiger partial charge on any atom is -0.463 e. The number of amides is 2. The van der Waals surface area contributed by atoms with Crippen LogP contribution in [0.25, 0.3) is 43.9 Å². The van der Waals surface area contributed by atoms with Crippen LogP contribution >= 0.6 is 0 Å². The van der Waals surface area contributed by atoms with Crippen LogP contribution < -0.4 is 0 Å². The first kappa shape index (κ1) is 37.2. The van der Waals surface area contributed by atoms with Gasteiger partial charge in [-0.25, -0.2) is 14.9 Å². The maximum atomic E-state index is 14.6. The third-order valence-electron chi connectivity index (χ3n) is 9.79. The number of hydrogen-bond acceptors (Lipinski definition) is 14. The fourth-order valence-electron chi connectivity index (χ4n) is 7.74. The summed E-state index contributed by atoms with van der Waals surface area (Å²) in [6, 6.07) is 16.1. The summed E-state index contributed by atoms with van der Waals surface area (Å²) in [5.41, 5.74) is 2.30. The van der Waals surface area contributed by atoms with E-state index < -0.39 is 72.9 Å². The third-order valence-corrected chi connectivity index (χ3v) is 9.79. The molecule has 0 saturated carbocycles. The Morgan fingerprint density at radius 3 is 2.05 bits per heavy atom. The molecule has 5 atom stereocenters. The minimum absolute atomic E-state index is 0.0675. The SMILES string of the molecule is CC(=O)OC[C@H]1OC(n2c3ncccc3c3c4c(c5c6cccnc6[nH]c5c32)C(=O)N(COCc2ccccc2)C4=O)[C@H](OC(C)=O)[C@@H](OC(C)=O)[C@@H]1OC(C)=O. The summed E-state index contributed by atoms with van der Waals surface area (Å²) in [6.07, 6.45) is -4.09. The van der Waals surface area contributed by atoms with E-state index in [-0.39, 0.29) is 30.1 Å². The van der Waals surface area contributed by atoms with Gasteiger partial charge in [-0.3, -0.25) is 33.3 Å². The summed E-state index contributed by atoms with van der Waals surface area (Å²) in [7, 11) is 0. The number of esters is 4. The molecule has 1 saturated heterocycles. The summed E-state index contributed by atoms with van der Waals surface area (Å²) in [5, 5.41) is 1.63. The topological polar surface area (TPSA) is 208 Å². The number of carbonyl (C=O) groups is 6. The van der Waals surface area contributed by atoms with Crippen LogP contribution in [0, 0.1) is 0 Å². The van der Waals surface area contributed by atoms with Gasteiger partial charge in [0.2, 0.25) is 0 Å². The molecular weight excluding hydrogens is 742 g/mol. The molecule has 0 bridgehead atoms. The predicted molar refractivity (Wildman–Crippen MR) is 198 cm³/mol. The number of nitrogens with zero attached hydrogens (tertiary/aromatic N) is 4. The number of aromatic amines is 1. The molecule has 0 aliphatic carbocycles. The molecule has 4 aromatic heterocycles. The number of rotatable bonds is 10. The zero-order valence-corrected chi connectivity index (χ0v) is 31.0. The minimum atomic E-state index is -1.52. The van der Waals surface area contributed by atoms with Crippen LogP contribution in [0.5, 0.6) is 0 Å². The Morgan fingerprint density at radius 1 is 0.737 bits per heavy atom. The van der Waals surface area contributed by atoms with Gasteiger partial charge in [-0.2, -0.15) is 0 Å². The largest absolute Gasteiger partial charge is 0.463 e. The molecule has 0 spiro atoms. The van der Waals surface area contributed by atoms with E-state index in [4.69, 9.17) is 33.4 Å². The number of aromatic nitrogens is 4. The highest BCUT2D eigenvalue weighted by molar-refractivity contribution is 6.39. The summed E-state index contributed by atoms with van der Waals surface area (Å²) >= 11 is 0. The number of ether oxygens (including phenoxy) is 6. The van der Waals surface area contributed by atoms with Crippen molar-refractivity contribution >= 4 is 79.6 Å². The molecule has 57 heavy (non-hydrogen) atoms. The van der Waals surface area contributed by atoms with Crippen molar-refractivity contribution in [2.45, 2.75) is 64.9 Å². The monoisotopic (exact) mass is 777 g/mol. The average Bonchev–Trinajstić information content (AvgIpc) is 3.80. The fourth-order valence-corrected chi connectivity index (χ4v) is 7.74. The molecule has 1 fully saturated rings. The number of carbonyl (C=O) groups excluding carboxylic acids is 6. The van der Waals surface area contributed by atoms with Gasteiger partial charge < -0.3 is 33.4 Å². The first-order valence-corrected chi connectivity index (χ1v) is 17.9. The van der Waals surface area contributed by atoms with Gasteiger partial charge in [-0.05, 0) is 29.8 Å². The Hall–Kier alpha value is -6.72. The average molecular weight is 778 g/mol. The van der Waals surface area contributed by atoms with E-state index in [1.807, 2.05) is 30.3 Å². The normalized spacial score (nSPS) is 20.6. The quantitative estimate of drug-likeness (QED) is 0.117. The number of fused-ring (bicyclic) bond motifs is 10.